The van der Waals surface area contributed by atoms with Gasteiger partial charge in [-0.1, -0.05) is 48.5 Å². The molecule has 194 valence electrons. The van der Waals surface area contributed by atoms with E-state index in [1.165, 1.54) is 0 Å². The van der Waals surface area contributed by atoms with Crippen molar-refractivity contribution in [3.05, 3.63) is 119 Å². The number of carbonyl (C=O) groups is 1. The average Bonchev–Trinajstić information content (AvgIpc) is 2.95. The van der Waals surface area contributed by atoms with Gasteiger partial charge in [-0.25, -0.2) is 0 Å². The van der Waals surface area contributed by atoms with Crippen molar-refractivity contribution >= 4 is 23.1 Å². The van der Waals surface area contributed by atoms with Crippen molar-refractivity contribution in [3.8, 4) is 11.5 Å². The monoisotopic (exact) mass is 509 g/mol. The summed E-state index contributed by atoms with van der Waals surface area (Å²) in [4.78, 5) is 13.4. The summed E-state index contributed by atoms with van der Waals surface area (Å²) < 4.78 is 11.6. The zero-order valence-corrected chi connectivity index (χ0v) is 21.1. The number of amides is 1. The molecule has 0 bridgehead atoms. The summed E-state index contributed by atoms with van der Waals surface area (Å²) in [5, 5.41) is 13.9. The predicted molar refractivity (Wildman–Crippen MR) is 150 cm³/mol. The first-order valence-electron chi connectivity index (χ1n) is 12.1. The Kier molecular flexibility index (Phi) is 8.46. The number of rotatable bonds is 11. The number of carbonyl (C=O) groups excluding carboxylic acids is 1. The number of anilines is 2. The maximum Gasteiger partial charge on any atom is 0.247 e. The van der Waals surface area contributed by atoms with Gasteiger partial charge in [-0.3, -0.25) is 10.2 Å². The minimum absolute atomic E-state index is 0.0230. The Labute approximate surface area is 222 Å². The molecule has 38 heavy (non-hydrogen) atoms. The molecule has 0 radical (unpaired) electrons. The van der Waals surface area contributed by atoms with Gasteiger partial charge in [0.1, 0.15) is 18.5 Å². The largest absolute Gasteiger partial charge is 0.493 e. The van der Waals surface area contributed by atoms with Crippen LogP contribution in [0.5, 0.6) is 11.5 Å². The van der Waals surface area contributed by atoms with Crippen molar-refractivity contribution in [1.29, 1.82) is 5.41 Å². The Hall–Kier alpha value is -4.98. The lowest BCUT2D eigenvalue weighted by molar-refractivity contribution is -0.122. The van der Waals surface area contributed by atoms with E-state index < -0.39 is 6.04 Å². The van der Waals surface area contributed by atoms with E-state index in [-0.39, 0.29) is 11.7 Å². The zero-order valence-electron chi connectivity index (χ0n) is 21.1. The molecule has 1 amide bonds. The van der Waals surface area contributed by atoms with Gasteiger partial charge in [0.25, 0.3) is 0 Å². The normalized spacial score (nSPS) is 11.3. The third-order valence-corrected chi connectivity index (χ3v) is 5.97. The molecule has 0 aliphatic carbocycles. The molecule has 0 spiro atoms. The molecular weight excluding hydrogens is 478 g/mol. The average molecular weight is 510 g/mol. The van der Waals surface area contributed by atoms with Crippen molar-refractivity contribution in [2.24, 2.45) is 5.73 Å². The number of nitrogens with one attached hydrogen (secondary N) is 3. The molecule has 0 saturated carbocycles. The van der Waals surface area contributed by atoms with E-state index in [1.54, 1.807) is 55.6 Å². The van der Waals surface area contributed by atoms with E-state index in [0.29, 0.717) is 47.2 Å². The summed E-state index contributed by atoms with van der Waals surface area (Å²) in [6.45, 7) is 0.735. The van der Waals surface area contributed by atoms with Gasteiger partial charge in [-0.15, -0.1) is 0 Å². The number of hydrogen-bond acceptors (Lipinski definition) is 6. The van der Waals surface area contributed by atoms with Gasteiger partial charge in [-0.2, -0.15) is 0 Å². The van der Waals surface area contributed by atoms with Crippen LogP contribution in [-0.2, 0) is 17.9 Å². The third-order valence-electron chi connectivity index (χ3n) is 5.97. The first-order valence-corrected chi connectivity index (χ1v) is 12.1. The SMILES string of the molecule is COc1cc([C@@H](Nc2ccc(C(=N)N)cc2)C(=O)NCc2ccc(N)cc2)ccc1OCc1ccccc1. The molecule has 0 heterocycles. The smallest absolute Gasteiger partial charge is 0.247 e. The van der Waals surface area contributed by atoms with E-state index in [0.717, 1.165) is 11.1 Å². The van der Waals surface area contributed by atoms with E-state index in [1.807, 2.05) is 48.5 Å². The van der Waals surface area contributed by atoms with E-state index in [4.69, 9.17) is 26.4 Å². The number of hydrogen-bond donors (Lipinski definition) is 5. The van der Waals surface area contributed by atoms with Gasteiger partial charge in [0.05, 0.1) is 7.11 Å². The summed E-state index contributed by atoms with van der Waals surface area (Å²) in [7, 11) is 1.57. The highest BCUT2D eigenvalue weighted by Gasteiger charge is 2.22. The Morgan fingerprint density at radius 3 is 2.26 bits per heavy atom. The number of methoxy groups -OCH3 is 1. The molecule has 7 N–H and O–H groups in total. The molecule has 0 fully saturated rings. The topological polar surface area (TPSA) is 135 Å². The molecule has 0 aliphatic rings. The summed E-state index contributed by atoms with van der Waals surface area (Å²) in [6.07, 6.45) is 0. The maximum absolute atomic E-state index is 13.4. The molecule has 4 aromatic carbocycles. The van der Waals surface area contributed by atoms with E-state index >= 15 is 0 Å². The maximum atomic E-state index is 13.4. The highest BCUT2D eigenvalue weighted by atomic mass is 16.5. The molecule has 0 saturated heterocycles. The quantitative estimate of drug-likeness (QED) is 0.114. The zero-order chi connectivity index (χ0) is 26.9. The highest BCUT2D eigenvalue weighted by Crippen LogP contribution is 2.32. The Bertz CT molecular complexity index is 1370. The van der Waals surface area contributed by atoms with Gasteiger partial charge in [0.15, 0.2) is 11.5 Å². The lowest BCUT2D eigenvalue weighted by atomic mass is 10.0. The molecular formula is C30H31N5O3. The van der Waals surface area contributed by atoms with Crippen LogP contribution in [0.2, 0.25) is 0 Å². The fourth-order valence-corrected chi connectivity index (χ4v) is 3.86. The molecule has 0 unspecified atom stereocenters. The molecule has 0 aliphatic heterocycles. The Morgan fingerprint density at radius 1 is 0.895 bits per heavy atom. The van der Waals surface area contributed by atoms with Gasteiger partial charge in [-0.05, 0) is 65.2 Å². The minimum atomic E-state index is -0.732. The second-order valence-electron chi connectivity index (χ2n) is 8.71. The summed E-state index contributed by atoms with van der Waals surface area (Å²) >= 11 is 0. The molecule has 8 nitrogen and oxygen atoms in total. The summed E-state index contributed by atoms with van der Waals surface area (Å²) in [5.41, 5.74) is 16.0. The van der Waals surface area contributed by atoms with Crippen LogP contribution in [0, 0.1) is 5.41 Å². The fraction of sp³-hybridized carbons (Fsp3) is 0.133. The first kappa shape index (κ1) is 26.1. The van der Waals surface area contributed by atoms with E-state index in [9.17, 15) is 4.79 Å². The van der Waals surface area contributed by atoms with Crippen molar-refractivity contribution in [2.45, 2.75) is 19.2 Å². The third kappa shape index (κ3) is 6.82. The van der Waals surface area contributed by atoms with Crippen molar-refractivity contribution in [3.63, 3.8) is 0 Å². The second-order valence-corrected chi connectivity index (χ2v) is 8.71. The number of benzene rings is 4. The predicted octanol–water partition coefficient (Wildman–Crippen LogP) is 4.61. The molecule has 8 heteroatoms. The minimum Gasteiger partial charge on any atom is -0.493 e. The van der Waals surface area contributed by atoms with Crippen LogP contribution in [0.4, 0.5) is 11.4 Å². The first-order chi connectivity index (χ1) is 18.4. The number of nitrogen functional groups attached to an aromatic ring is 2. The van der Waals surface area contributed by atoms with Crippen LogP contribution < -0.4 is 31.6 Å². The van der Waals surface area contributed by atoms with E-state index in [2.05, 4.69) is 10.6 Å². The van der Waals surface area contributed by atoms with Gasteiger partial charge in [0.2, 0.25) is 5.91 Å². The van der Waals surface area contributed by atoms with Crippen molar-refractivity contribution in [2.75, 3.05) is 18.2 Å². The summed E-state index contributed by atoms with van der Waals surface area (Å²) in [6, 6.07) is 28.9. The molecule has 4 rings (SSSR count). The second kappa shape index (κ2) is 12.3. The number of nitrogens with two attached hydrogens (primary N) is 2. The van der Waals surface area contributed by atoms with Crippen LogP contribution >= 0.6 is 0 Å². The van der Waals surface area contributed by atoms with Crippen molar-refractivity contribution < 1.29 is 14.3 Å². The Morgan fingerprint density at radius 2 is 1.61 bits per heavy atom. The van der Waals surface area contributed by atoms with Gasteiger partial charge in [0, 0.05) is 23.5 Å². The number of ether oxygens (including phenoxy) is 2. The van der Waals surface area contributed by atoms with Crippen LogP contribution in [0.15, 0.2) is 97.1 Å². The van der Waals surface area contributed by atoms with Crippen LogP contribution in [0.25, 0.3) is 0 Å². The lowest BCUT2D eigenvalue weighted by Crippen LogP contribution is -2.33. The number of amidine groups is 1. The van der Waals surface area contributed by atoms with Crippen LogP contribution in [0.1, 0.15) is 28.3 Å². The highest BCUT2D eigenvalue weighted by molar-refractivity contribution is 5.95. The fourth-order valence-electron chi connectivity index (χ4n) is 3.86. The Balaban J connectivity index is 1.56. The summed E-state index contributed by atoms with van der Waals surface area (Å²) in [5.74, 6) is 0.845. The standard InChI is InChI=1S/C30H31N5O3/c1-37-27-17-23(11-16-26(27)38-19-21-5-3-2-4-6-21)28(35-25-14-9-22(10-15-25)29(32)33)30(36)34-18-20-7-12-24(31)13-8-20/h2-17,28,35H,18-19,31H2,1H3,(H3,32,33)(H,34,36)/t28-/m1/s1. The van der Waals surface area contributed by atoms with Gasteiger partial charge >= 0.3 is 0 Å². The van der Waals surface area contributed by atoms with Crippen molar-refractivity contribution in [1.82, 2.24) is 5.32 Å². The molecule has 1 atom stereocenters. The van der Waals surface area contributed by atoms with Crippen LogP contribution in [-0.4, -0.2) is 18.9 Å². The lowest BCUT2D eigenvalue weighted by Gasteiger charge is -2.22. The van der Waals surface area contributed by atoms with Gasteiger partial charge < -0.3 is 31.6 Å². The molecule has 0 aromatic heterocycles. The van der Waals surface area contributed by atoms with Crippen LogP contribution in [0.3, 0.4) is 0 Å². The molecule has 4 aromatic rings.